The van der Waals surface area contributed by atoms with Gasteiger partial charge in [0.1, 0.15) is 0 Å². The minimum atomic E-state index is -0.0702. The molecule has 0 bridgehead atoms. The molecule has 1 aliphatic heterocycles. The van der Waals surface area contributed by atoms with Gasteiger partial charge in [-0.2, -0.15) is 0 Å². The molecule has 2 heterocycles. The SMILES string of the molecule is O=C(NCC1CCNCC1)c1ccoc1Br. The fourth-order valence-corrected chi connectivity index (χ4v) is 2.29. The third-order valence-corrected chi connectivity index (χ3v) is 3.49. The van der Waals surface area contributed by atoms with E-state index in [1.165, 1.54) is 6.26 Å². The third kappa shape index (κ3) is 2.86. The summed E-state index contributed by atoms with van der Waals surface area (Å²) in [6, 6.07) is 1.67. The van der Waals surface area contributed by atoms with E-state index >= 15 is 0 Å². The summed E-state index contributed by atoms with van der Waals surface area (Å²) in [5.41, 5.74) is 0.564. The van der Waals surface area contributed by atoms with E-state index in [2.05, 4.69) is 26.6 Å². The number of piperidine rings is 1. The van der Waals surface area contributed by atoms with Gasteiger partial charge in [-0.1, -0.05) is 0 Å². The maximum atomic E-state index is 11.8. The molecule has 0 atom stereocenters. The Balaban J connectivity index is 1.81. The van der Waals surface area contributed by atoms with E-state index < -0.39 is 0 Å². The highest BCUT2D eigenvalue weighted by atomic mass is 79.9. The number of furan rings is 1. The predicted molar refractivity (Wildman–Crippen MR) is 64.3 cm³/mol. The van der Waals surface area contributed by atoms with Gasteiger partial charge in [-0.3, -0.25) is 4.79 Å². The summed E-state index contributed by atoms with van der Waals surface area (Å²) >= 11 is 3.20. The Bertz CT molecular complexity index is 359. The lowest BCUT2D eigenvalue weighted by Gasteiger charge is -2.22. The topological polar surface area (TPSA) is 54.3 Å². The zero-order chi connectivity index (χ0) is 11.4. The lowest BCUT2D eigenvalue weighted by atomic mass is 9.98. The molecule has 0 aliphatic carbocycles. The summed E-state index contributed by atoms with van der Waals surface area (Å²) in [6.45, 7) is 2.85. The van der Waals surface area contributed by atoms with Crippen LogP contribution >= 0.6 is 15.9 Å². The minimum absolute atomic E-state index is 0.0702. The minimum Gasteiger partial charge on any atom is -0.457 e. The monoisotopic (exact) mass is 286 g/mol. The van der Waals surface area contributed by atoms with Gasteiger partial charge in [-0.25, -0.2) is 0 Å². The molecule has 0 unspecified atom stereocenters. The Kier molecular flexibility index (Phi) is 4.01. The number of nitrogens with one attached hydrogen (secondary N) is 2. The third-order valence-electron chi connectivity index (χ3n) is 2.87. The van der Waals surface area contributed by atoms with Crippen LogP contribution in [0.4, 0.5) is 0 Å². The average Bonchev–Trinajstić information content (AvgIpc) is 2.74. The highest BCUT2D eigenvalue weighted by Crippen LogP contribution is 2.17. The Labute approximate surface area is 103 Å². The largest absolute Gasteiger partial charge is 0.457 e. The molecule has 16 heavy (non-hydrogen) atoms. The molecule has 1 amide bonds. The lowest BCUT2D eigenvalue weighted by molar-refractivity contribution is 0.0942. The van der Waals surface area contributed by atoms with Crippen molar-refractivity contribution in [3.63, 3.8) is 0 Å². The van der Waals surface area contributed by atoms with E-state index in [1.807, 2.05) is 0 Å². The van der Waals surface area contributed by atoms with Crippen molar-refractivity contribution in [1.29, 1.82) is 0 Å². The standard InChI is InChI=1S/C11H15BrN2O2/c12-10-9(3-6-16-10)11(15)14-7-8-1-4-13-5-2-8/h3,6,8,13H,1-2,4-5,7H2,(H,14,15). The molecule has 0 saturated carbocycles. The van der Waals surface area contributed by atoms with Crippen LogP contribution in [0.1, 0.15) is 23.2 Å². The second-order valence-electron chi connectivity index (χ2n) is 4.01. The number of halogens is 1. The molecule has 1 saturated heterocycles. The van der Waals surface area contributed by atoms with Crippen LogP contribution in [0.2, 0.25) is 0 Å². The fraction of sp³-hybridized carbons (Fsp3) is 0.545. The Hall–Kier alpha value is -0.810. The van der Waals surface area contributed by atoms with Gasteiger partial charge in [-0.05, 0) is 53.8 Å². The highest BCUT2D eigenvalue weighted by Gasteiger charge is 2.16. The molecule has 1 aliphatic rings. The zero-order valence-electron chi connectivity index (χ0n) is 8.96. The second-order valence-corrected chi connectivity index (χ2v) is 4.73. The first-order valence-corrected chi connectivity index (χ1v) is 6.28. The van der Waals surface area contributed by atoms with Gasteiger partial charge in [0.05, 0.1) is 11.8 Å². The summed E-state index contributed by atoms with van der Waals surface area (Å²) in [6.07, 6.45) is 3.77. The van der Waals surface area contributed by atoms with Gasteiger partial charge in [0.2, 0.25) is 0 Å². The van der Waals surface area contributed by atoms with Crippen LogP contribution in [0.15, 0.2) is 21.4 Å². The van der Waals surface area contributed by atoms with Crippen LogP contribution in [0.25, 0.3) is 0 Å². The second kappa shape index (κ2) is 5.50. The molecular formula is C11H15BrN2O2. The lowest BCUT2D eigenvalue weighted by Crippen LogP contribution is -2.35. The first kappa shape index (κ1) is 11.7. The molecule has 2 rings (SSSR count). The molecule has 1 aromatic rings. The van der Waals surface area contributed by atoms with Crippen molar-refractivity contribution in [2.24, 2.45) is 5.92 Å². The van der Waals surface area contributed by atoms with Crippen molar-refractivity contribution >= 4 is 21.8 Å². The Morgan fingerprint density at radius 1 is 1.56 bits per heavy atom. The number of amides is 1. The number of rotatable bonds is 3. The van der Waals surface area contributed by atoms with E-state index in [4.69, 9.17) is 4.42 Å². The molecule has 5 heteroatoms. The van der Waals surface area contributed by atoms with E-state index in [-0.39, 0.29) is 5.91 Å². The van der Waals surface area contributed by atoms with Crippen LogP contribution in [0.5, 0.6) is 0 Å². The van der Waals surface area contributed by atoms with Gasteiger partial charge in [0.25, 0.3) is 5.91 Å². The van der Waals surface area contributed by atoms with E-state index in [0.717, 1.165) is 32.5 Å². The smallest absolute Gasteiger partial charge is 0.255 e. The molecular weight excluding hydrogens is 272 g/mol. The van der Waals surface area contributed by atoms with Gasteiger partial charge in [0.15, 0.2) is 4.67 Å². The van der Waals surface area contributed by atoms with Crippen molar-refractivity contribution in [3.8, 4) is 0 Å². The van der Waals surface area contributed by atoms with Crippen LogP contribution in [0, 0.1) is 5.92 Å². The molecule has 1 aromatic heterocycles. The Morgan fingerprint density at radius 3 is 2.94 bits per heavy atom. The van der Waals surface area contributed by atoms with Crippen LogP contribution in [0.3, 0.4) is 0 Å². The maximum absolute atomic E-state index is 11.8. The average molecular weight is 287 g/mol. The number of hydrogen-bond donors (Lipinski definition) is 2. The summed E-state index contributed by atoms with van der Waals surface area (Å²) in [5, 5.41) is 6.24. The summed E-state index contributed by atoms with van der Waals surface area (Å²) in [7, 11) is 0. The quantitative estimate of drug-likeness (QED) is 0.891. The number of carbonyl (C=O) groups is 1. The van der Waals surface area contributed by atoms with Crippen molar-refractivity contribution in [2.75, 3.05) is 19.6 Å². The normalized spacial score (nSPS) is 17.3. The van der Waals surface area contributed by atoms with Gasteiger partial charge in [-0.15, -0.1) is 0 Å². The summed E-state index contributed by atoms with van der Waals surface area (Å²) < 4.78 is 5.52. The van der Waals surface area contributed by atoms with E-state index in [1.54, 1.807) is 6.07 Å². The maximum Gasteiger partial charge on any atom is 0.255 e. The van der Waals surface area contributed by atoms with Crippen LogP contribution in [-0.2, 0) is 0 Å². The van der Waals surface area contributed by atoms with Crippen molar-refractivity contribution in [2.45, 2.75) is 12.8 Å². The molecule has 0 radical (unpaired) electrons. The van der Waals surface area contributed by atoms with Gasteiger partial charge >= 0.3 is 0 Å². The van der Waals surface area contributed by atoms with Crippen molar-refractivity contribution in [1.82, 2.24) is 10.6 Å². The fourth-order valence-electron chi connectivity index (χ4n) is 1.87. The van der Waals surface area contributed by atoms with Gasteiger partial charge in [0, 0.05) is 6.54 Å². The zero-order valence-corrected chi connectivity index (χ0v) is 10.5. The highest BCUT2D eigenvalue weighted by molar-refractivity contribution is 9.10. The summed E-state index contributed by atoms with van der Waals surface area (Å²) in [4.78, 5) is 11.8. The first-order chi connectivity index (χ1) is 7.77. The van der Waals surface area contributed by atoms with Crippen LogP contribution < -0.4 is 10.6 Å². The van der Waals surface area contributed by atoms with Crippen molar-refractivity contribution < 1.29 is 9.21 Å². The van der Waals surface area contributed by atoms with Crippen molar-refractivity contribution in [3.05, 3.63) is 22.6 Å². The van der Waals surface area contributed by atoms with Crippen LogP contribution in [-0.4, -0.2) is 25.5 Å². The number of hydrogen-bond acceptors (Lipinski definition) is 3. The van der Waals surface area contributed by atoms with Gasteiger partial charge < -0.3 is 15.1 Å². The van der Waals surface area contributed by atoms with E-state index in [9.17, 15) is 4.79 Å². The number of carbonyl (C=O) groups excluding carboxylic acids is 1. The molecule has 0 aromatic carbocycles. The van der Waals surface area contributed by atoms with E-state index in [0.29, 0.717) is 16.2 Å². The molecule has 2 N–H and O–H groups in total. The summed E-state index contributed by atoms with van der Waals surface area (Å²) in [5.74, 6) is 0.523. The molecule has 88 valence electrons. The molecule has 1 fully saturated rings. The molecule has 4 nitrogen and oxygen atoms in total. The molecule has 0 spiro atoms. The first-order valence-electron chi connectivity index (χ1n) is 5.49. The predicted octanol–water partition coefficient (Wildman–Crippen LogP) is 1.77. The Morgan fingerprint density at radius 2 is 2.31 bits per heavy atom.